The van der Waals surface area contributed by atoms with Gasteiger partial charge in [0.25, 0.3) is 5.91 Å². The molecule has 17 heavy (non-hydrogen) atoms. The third kappa shape index (κ3) is 2.19. The minimum absolute atomic E-state index is 0.00139. The minimum Gasteiger partial charge on any atom is -0.507 e. The van der Waals surface area contributed by atoms with Crippen LogP contribution in [0, 0.1) is 0 Å². The molecule has 5 heteroatoms. The fourth-order valence-electron chi connectivity index (χ4n) is 1.92. The van der Waals surface area contributed by atoms with E-state index >= 15 is 0 Å². The summed E-state index contributed by atoms with van der Waals surface area (Å²) in [4.78, 5) is 13.6. The van der Waals surface area contributed by atoms with Crippen molar-refractivity contribution in [3.8, 4) is 11.5 Å². The topological polar surface area (TPSA) is 70.0 Å². The zero-order valence-corrected chi connectivity index (χ0v) is 9.59. The highest BCUT2D eigenvalue weighted by Gasteiger charge is 2.27. The maximum absolute atomic E-state index is 12.1. The molecule has 1 atom stereocenters. The maximum atomic E-state index is 12.1. The molecule has 0 spiro atoms. The zero-order valence-electron chi connectivity index (χ0n) is 9.59. The van der Waals surface area contributed by atoms with Crippen LogP contribution in [0.25, 0.3) is 0 Å². The van der Waals surface area contributed by atoms with Crippen molar-refractivity contribution >= 4 is 5.91 Å². The summed E-state index contributed by atoms with van der Waals surface area (Å²) >= 11 is 0. The standard InChI is InChI=1S/C12H15NO4/c1-13(8-5-6-17-7-8)12(16)11-9(14)3-2-4-10(11)15/h2-4,8,14-15H,5-7H2,1H3. The van der Waals surface area contributed by atoms with E-state index in [1.807, 2.05) is 0 Å². The Labute approximate surface area is 99.2 Å². The number of likely N-dealkylation sites (N-methyl/N-ethyl adjacent to an activating group) is 1. The van der Waals surface area contributed by atoms with Crippen molar-refractivity contribution in [2.75, 3.05) is 20.3 Å². The molecule has 92 valence electrons. The average Bonchev–Trinajstić information content (AvgIpc) is 2.81. The fourth-order valence-corrected chi connectivity index (χ4v) is 1.92. The second-order valence-corrected chi connectivity index (χ2v) is 4.10. The maximum Gasteiger partial charge on any atom is 0.261 e. The van der Waals surface area contributed by atoms with Gasteiger partial charge in [-0.15, -0.1) is 0 Å². The molecular formula is C12H15NO4. The summed E-state index contributed by atoms with van der Waals surface area (Å²) in [5.41, 5.74) is -0.0538. The molecule has 5 nitrogen and oxygen atoms in total. The van der Waals surface area contributed by atoms with Crippen molar-refractivity contribution in [2.24, 2.45) is 0 Å². The number of amides is 1. The third-order valence-electron chi connectivity index (χ3n) is 3.01. The first-order valence-corrected chi connectivity index (χ1v) is 5.47. The molecule has 1 aromatic carbocycles. The van der Waals surface area contributed by atoms with Crippen LogP contribution >= 0.6 is 0 Å². The van der Waals surface area contributed by atoms with Crippen LogP contribution in [0.15, 0.2) is 18.2 Å². The molecule has 1 aromatic rings. The van der Waals surface area contributed by atoms with Gasteiger partial charge in [-0.2, -0.15) is 0 Å². The number of rotatable bonds is 2. The van der Waals surface area contributed by atoms with E-state index in [0.717, 1.165) is 6.42 Å². The highest BCUT2D eigenvalue weighted by atomic mass is 16.5. The number of phenols is 2. The van der Waals surface area contributed by atoms with Crippen LogP contribution in [0.3, 0.4) is 0 Å². The van der Waals surface area contributed by atoms with Crippen molar-refractivity contribution in [1.82, 2.24) is 4.90 Å². The molecule has 1 unspecified atom stereocenters. The monoisotopic (exact) mass is 237 g/mol. The number of nitrogens with zero attached hydrogens (tertiary/aromatic N) is 1. The van der Waals surface area contributed by atoms with Crippen LogP contribution in [0.1, 0.15) is 16.8 Å². The van der Waals surface area contributed by atoms with Crippen LogP contribution in [0.2, 0.25) is 0 Å². The Morgan fingerprint density at radius 3 is 2.59 bits per heavy atom. The van der Waals surface area contributed by atoms with Crippen molar-refractivity contribution < 1.29 is 19.7 Å². The smallest absolute Gasteiger partial charge is 0.261 e. The van der Waals surface area contributed by atoms with E-state index in [9.17, 15) is 15.0 Å². The van der Waals surface area contributed by atoms with Gasteiger partial charge in [-0.1, -0.05) is 6.07 Å². The number of hydrogen-bond acceptors (Lipinski definition) is 4. The Kier molecular flexibility index (Phi) is 3.19. The number of ether oxygens (including phenoxy) is 1. The van der Waals surface area contributed by atoms with E-state index in [1.165, 1.54) is 23.1 Å². The predicted octanol–water partition coefficient (Wildman–Crippen LogP) is 0.959. The van der Waals surface area contributed by atoms with Crippen LogP contribution < -0.4 is 0 Å². The Morgan fingerprint density at radius 1 is 1.41 bits per heavy atom. The molecule has 1 aliphatic heterocycles. The van der Waals surface area contributed by atoms with Crippen molar-refractivity contribution in [1.29, 1.82) is 0 Å². The SMILES string of the molecule is CN(C(=O)c1c(O)cccc1O)C1CCOC1. The molecule has 0 radical (unpaired) electrons. The third-order valence-corrected chi connectivity index (χ3v) is 3.01. The molecule has 0 saturated carbocycles. The van der Waals surface area contributed by atoms with Gasteiger partial charge in [0.2, 0.25) is 0 Å². The highest BCUT2D eigenvalue weighted by Crippen LogP contribution is 2.28. The van der Waals surface area contributed by atoms with E-state index in [-0.39, 0.29) is 23.1 Å². The van der Waals surface area contributed by atoms with Crippen LogP contribution in [-0.4, -0.2) is 47.3 Å². The Bertz CT molecular complexity index is 406. The van der Waals surface area contributed by atoms with E-state index in [2.05, 4.69) is 0 Å². The molecule has 0 bridgehead atoms. The molecule has 0 aliphatic carbocycles. The van der Waals surface area contributed by atoms with Gasteiger partial charge >= 0.3 is 0 Å². The molecule has 1 heterocycles. The molecular weight excluding hydrogens is 222 g/mol. The van der Waals surface area contributed by atoms with Gasteiger partial charge in [0.05, 0.1) is 12.6 Å². The van der Waals surface area contributed by atoms with Crippen molar-refractivity contribution in [2.45, 2.75) is 12.5 Å². The lowest BCUT2D eigenvalue weighted by molar-refractivity contribution is 0.0705. The van der Waals surface area contributed by atoms with Gasteiger partial charge in [-0.05, 0) is 18.6 Å². The molecule has 2 rings (SSSR count). The molecule has 1 aliphatic rings. The quantitative estimate of drug-likeness (QED) is 0.803. The van der Waals surface area contributed by atoms with Crippen LogP contribution in [-0.2, 0) is 4.74 Å². The summed E-state index contributed by atoms with van der Waals surface area (Å²) in [5, 5.41) is 19.2. The number of benzene rings is 1. The molecule has 1 fully saturated rings. The van der Waals surface area contributed by atoms with E-state index < -0.39 is 5.91 Å². The first kappa shape index (κ1) is 11.7. The van der Waals surface area contributed by atoms with Crippen LogP contribution in [0.4, 0.5) is 0 Å². The van der Waals surface area contributed by atoms with E-state index in [0.29, 0.717) is 13.2 Å². The second-order valence-electron chi connectivity index (χ2n) is 4.10. The van der Waals surface area contributed by atoms with Crippen molar-refractivity contribution in [3.05, 3.63) is 23.8 Å². The molecule has 1 saturated heterocycles. The lowest BCUT2D eigenvalue weighted by atomic mass is 10.1. The van der Waals surface area contributed by atoms with Gasteiger partial charge in [0, 0.05) is 13.7 Å². The van der Waals surface area contributed by atoms with Crippen molar-refractivity contribution in [3.63, 3.8) is 0 Å². The Morgan fingerprint density at radius 2 is 2.06 bits per heavy atom. The average molecular weight is 237 g/mol. The van der Waals surface area contributed by atoms with E-state index in [4.69, 9.17) is 4.74 Å². The number of phenolic OH excluding ortho intramolecular Hbond substituents is 2. The second kappa shape index (κ2) is 4.63. The van der Waals surface area contributed by atoms with Gasteiger partial charge in [-0.3, -0.25) is 4.79 Å². The van der Waals surface area contributed by atoms with Gasteiger partial charge in [0.15, 0.2) is 0 Å². The van der Waals surface area contributed by atoms with Crippen LogP contribution in [0.5, 0.6) is 11.5 Å². The summed E-state index contributed by atoms with van der Waals surface area (Å²) in [5.74, 6) is -0.808. The first-order chi connectivity index (χ1) is 8.11. The number of hydrogen-bond donors (Lipinski definition) is 2. The predicted molar refractivity (Wildman–Crippen MR) is 61.1 cm³/mol. The number of carbonyl (C=O) groups excluding carboxylic acids is 1. The zero-order chi connectivity index (χ0) is 12.4. The summed E-state index contributed by atoms with van der Waals surface area (Å²) < 4.78 is 5.21. The first-order valence-electron chi connectivity index (χ1n) is 5.47. The van der Waals surface area contributed by atoms with Gasteiger partial charge < -0.3 is 19.8 Å². The summed E-state index contributed by atoms with van der Waals surface area (Å²) in [6.07, 6.45) is 0.774. The van der Waals surface area contributed by atoms with Gasteiger partial charge in [0.1, 0.15) is 17.1 Å². The molecule has 0 aromatic heterocycles. The molecule has 1 amide bonds. The molecule has 2 N–H and O–H groups in total. The normalized spacial score (nSPS) is 19.2. The minimum atomic E-state index is -0.393. The largest absolute Gasteiger partial charge is 0.507 e. The Balaban J connectivity index is 2.24. The highest BCUT2D eigenvalue weighted by molar-refractivity contribution is 5.99. The van der Waals surface area contributed by atoms with E-state index in [1.54, 1.807) is 7.05 Å². The van der Waals surface area contributed by atoms with Gasteiger partial charge in [-0.25, -0.2) is 0 Å². The lowest BCUT2D eigenvalue weighted by Gasteiger charge is -2.23. The summed E-state index contributed by atoms with van der Waals surface area (Å²) in [7, 11) is 1.65. The summed E-state index contributed by atoms with van der Waals surface area (Å²) in [6, 6.07) is 4.25. The fraction of sp³-hybridized carbons (Fsp3) is 0.417. The lowest BCUT2D eigenvalue weighted by Crippen LogP contribution is -2.37. The number of aromatic hydroxyl groups is 2. The Hall–Kier alpha value is -1.75. The number of carbonyl (C=O) groups is 1. The summed E-state index contributed by atoms with van der Waals surface area (Å²) in [6.45, 7) is 1.13.